The van der Waals surface area contributed by atoms with Gasteiger partial charge in [-0.15, -0.1) is 12.4 Å². The molecule has 0 aliphatic heterocycles. The maximum Gasteiger partial charge on any atom is 0.264 e. The lowest BCUT2D eigenvalue weighted by atomic mass is 10.4. The fourth-order valence-corrected chi connectivity index (χ4v) is 0.448. The Morgan fingerprint density at radius 2 is 2.50 bits per heavy atom. The van der Waals surface area contributed by atoms with E-state index < -0.39 is 0 Å². The Hall–Kier alpha value is -0.870. The highest BCUT2D eigenvalue weighted by molar-refractivity contribution is 5.93. The lowest BCUT2D eigenvalue weighted by Crippen LogP contribution is -2.13. The highest BCUT2D eigenvalue weighted by Crippen LogP contribution is 1.93. The second kappa shape index (κ2) is 4.03. The monoisotopic (exact) mass is 162 g/mol. The van der Waals surface area contributed by atoms with Crippen LogP contribution in [0.15, 0.2) is 16.9 Å². The standard InChI is InChI=1S/C5H6N2O2.ClH/c6-3-4(8)5-7-1-2-9-5;/h1-2H,3,6H2;1H. The Bertz CT molecular complexity index is 197. The number of ketones is 1. The molecule has 1 heterocycles. The molecule has 4 nitrogen and oxygen atoms in total. The highest BCUT2D eigenvalue weighted by atomic mass is 35.5. The van der Waals surface area contributed by atoms with Crippen molar-refractivity contribution < 1.29 is 9.21 Å². The third-order valence-electron chi connectivity index (χ3n) is 0.856. The van der Waals surface area contributed by atoms with Crippen molar-refractivity contribution in [1.82, 2.24) is 4.98 Å². The third-order valence-corrected chi connectivity index (χ3v) is 0.856. The van der Waals surface area contributed by atoms with E-state index in [4.69, 9.17) is 5.73 Å². The molecule has 56 valence electrons. The average molecular weight is 163 g/mol. The van der Waals surface area contributed by atoms with Crippen LogP contribution in [0.3, 0.4) is 0 Å². The fourth-order valence-electron chi connectivity index (χ4n) is 0.448. The number of Topliss-reactive ketones (excluding diaryl/α,β-unsaturated/α-hetero) is 1. The first-order valence-corrected chi connectivity index (χ1v) is 2.47. The maximum absolute atomic E-state index is 10.6. The summed E-state index contributed by atoms with van der Waals surface area (Å²) in [5.74, 6) is -0.197. The van der Waals surface area contributed by atoms with Crippen LogP contribution in [-0.2, 0) is 0 Å². The molecule has 1 aromatic rings. The maximum atomic E-state index is 10.6. The molecule has 0 amide bonds. The van der Waals surface area contributed by atoms with Crippen molar-refractivity contribution in [3.8, 4) is 0 Å². The molecule has 0 bridgehead atoms. The summed E-state index contributed by atoms with van der Waals surface area (Å²) in [5, 5.41) is 0. The zero-order valence-electron chi connectivity index (χ0n) is 5.11. The van der Waals surface area contributed by atoms with Crippen LogP contribution in [0.25, 0.3) is 0 Å². The number of hydrogen-bond acceptors (Lipinski definition) is 4. The Balaban J connectivity index is 0.000000810. The molecule has 0 fully saturated rings. The van der Waals surface area contributed by atoms with Gasteiger partial charge in [0.05, 0.1) is 12.7 Å². The van der Waals surface area contributed by atoms with Gasteiger partial charge < -0.3 is 10.2 Å². The van der Waals surface area contributed by atoms with E-state index in [0.29, 0.717) is 0 Å². The molecule has 5 heteroatoms. The number of carbonyl (C=O) groups is 1. The minimum absolute atomic E-state index is 0. The molecule has 0 saturated heterocycles. The summed E-state index contributed by atoms with van der Waals surface area (Å²) < 4.78 is 4.65. The van der Waals surface area contributed by atoms with E-state index in [1.807, 2.05) is 0 Å². The topological polar surface area (TPSA) is 69.1 Å². The van der Waals surface area contributed by atoms with Gasteiger partial charge in [-0.1, -0.05) is 0 Å². The van der Waals surface area contributed by atoms with E-state index in [0.717, 1.165) is 0 Å². The fraction of sp³-hybridized carbons (Fsp3) is 0.200. The normalized spacial score (nSPS) is 8.50. The van der Waals surface area contributed by atoms with Crippen LogP contribution in [0.2, 0.25) is 0 Å². The van der Waals surface area contributed by atoms with Gasteiger partial charge in [-0.05, 0) is 0 Å². The Labute approximate surface area is 63.8 Å². The number of halogens is 1. The molecule has 0 unspecified atom stereocenters. The van der Waals surface area contributed by atoms with Gasteiger partial charge in [-0.2, -0.15) is 0 Å². The molecule has 10 heavy (non-hydrogen) atoms. The number of aromatic nitrogens is 1. The van der Waals surface area contributed by atoms with E-state index in [1.165, 1.54) is 12.5 Å². The van der Waals surface area contributed by atoms with Crippen LogP contribution in [0.1, 0.15) is 10.7 Å². The van der Waals surface area contributed by atoms with E-state index in [2.05, 4.69) is 9.40 Å². The second-order valence-electron chi connectivity index (χ2n) is 1.46. The van der Waals surface area contributed by atoms with Gasteiger partial charge in [0, 0.05) is 0 Å². The van der Waals surface area contributed by atoms with Gasteiger partial charge in [0.1, 0.15) is 6.26 Å². The summed E-state index contributed by atoms with van der Waals surface area (Å²) in [7, 11) is 0. The summed E-state index contributed by atoms with van der Waals surface area (Å²) in [6.45, 7) is -0.0550. The molecule has 0 aromatic carbocycles. The zero-order valence-corrected chi connectivity index (χ0v) is 5.93. The van der Waals surface area contributed by atoms with Crippen LogP contribution in [0.5, 0.6) is 0 Å². The number of nitrogens with zero attached hydrogens (tertiary/aromatic N) is 1. The lowest BCUT2D eigenvalue weighted by molar-refractivity contribution is 0.0968. The first-order valence-electron chi connectivity index (χ1n) is 2.47. The second-order valence-corrected chi connectivity index (χ2v) is 1.46. The molecule has 0 aliphatic carbocycles. The molecule has 2 N–H and O–H groups in total. The smallest absolute Gasteiger partial charge is 0.264 e. The third kappa shape index (κ3) is 1.82. The van der Waals surface area contributed by atoms with Gasteiger partial charge >= 0.3 is 0 Å². The van der Waals surface area contributed by atoms with E-state index in [1.54, 1.807) is 0 Å². The summed E-state index contributed by atoms with van der Waals surface area (Å²) in [4.78, 5) is 14.2. The highest BCUT2D eigenvalue weighted by Gasteiger charge is 2.05. The summed E-state index contributed by atoms with van der Waals surface area (Å²) in [6, 6.07) is 0. The summed E-state index contributed by atoms with van der Waals surface area (Å²) in [6.07, 6.45) is 2.74. The molecule has 0 radical (unpaired) electrons. The first kappa shape index (κ1) is 9.13. The van der Waals surface area contributed by atoms with Gasteiger partial charge in [0.2, 0.25) is 5.78 Å². The van der Waals surface area contributed by atoms with Crippen LogP contribution < -0.4 is 5.73 Å². The van der Waals surface area contributed by atoms with Crippen molar-refractivity contribution in [1.29, 1.82) is 0 Å². The van der Waals surface area contributed by atoms with Gasteiger partial charge in [0.25, 0.3) is 5.89 Å². The molecule has 0 atom stereocenters. The van der Waals surface area contributed by atoms with Crippen molar-refractivity contribution in [2.45, 2.75) is 0 Å². The zero-order chi connectivity index (χ0) is 6.69. The van der Waals surface area contributed by atoms with Crippen molar-refractivity contribution in [3.63, 3.8) is 0 Å². The number of carbonyl (C=O) groups excluding carboxylic acids is 1. The van der Waals surface area contributed by atoms with Crippen molar-refractivity contribution in [2.75, 3.05) is 6.54 Å². The largest absolute Gasteiger partial charge is 0.442 e. The predicted molar refractivity (Wildman–Crippen MR) is 37.1 cm³/mol. The van der Waals surface area contributed by atoms with Crippen molar-refractivity contribution >= 4 is 18.2 Å². The number of nitrogens with two attached hydrogens (primary N) is 1. The molecule has 0 saturated carbocycles. The van der Waals surface area contributed by atoms with Crippen molar-refractivity contribution in [3.05, 3.63) is 18.4 Å². The van der Waals surface area contributed by atoms with E-state index in [-0.39, 0.29) is 30.6 Å². The van der Waals surface area contributed by atoms with Gasteiger partial charge in [0.15, 0.2) is 0 Å². The minimum atomic E-state index is -0.278. The Morgan fingerprint density at radius 1 is 1.80 bits per heavy atom. The summed E-state index contributed by atoms with van der Waals surface area (Å²) >= 11 is 0. The predicted octanol–water partition coefficient (Wildman–Crippen LogP) is 0.238. The molecular formula is C5H7ClN2O2. The first-order chi connectivity index (χ1) is 4.34. The molecule has 1 aromatic heterocycles. The number of oxazole rings is 1. The lowest BCUT2D eigenvalue weighted by Gasteiger charge is -1.84. The summed E-state index contributed by atoms with van der Waals surface area (Å²) in [5.41, 5.74) is 5.01. The quantitative estimate of drug-likeness (QED) is 0.633. The van der Waals surface area contributed by atoms with E-state index in [9.17, 15) is 4.79 Å². The SMILES string of the molecule is Cl.NCC(=O)c1ncco1. The Morgan fingerprint density at radius 3 is 2.90 bits per heavy atom. The Kier molecular flexibility index (Phi) is 3.68. The minimum Gasteiger partial charge on any atom is -0.442 e. The van der Waals surface area contributed by atoms with Crippen LogP contribution in [0.4, 0.5) is 0 Å². The van der Waals surface area contributed by atoms with Crippen LogP contribution in [0, 0.1) is 0 Å². The molecule has 1 rings (SSSR count). The molecular weight excluding hydrogens is 156 g/mol. The number of hydrogen-bond donors (Lipinski definition) is 1. The molecule has 0 spiro atoms. The average Bonchev–Trinajstić information content (AvgIpc) is 2.37. The van der Waals surface area contributed by atoms with Crippen LogP contribution in [-0.4, -0.2) is 17.3 Å². The van der Waals surface area contributed by atoms with Gasteiger partial charge in [-0.25, -0.2) is 4.98 Å². The van der Waals surface area contributed by atoms with Crippen LogP contribution >= 0.6 is 12.4 Å². The van der Waals surface area contributed by atoms with E-state index >= 15 is 0 Å². The number of rotatable bonds is 2. The van der Waals surface area contributed by atoms with Crippen molar-refractivity contribution in [2.24, 2.45) is 5.73 Å². The van der Waals surface area contributed by atoms with Gasteiger partial charge in [-0.3, -0.25) is 4.79 Å². The molecule has 0 aliphatic rings.